The van der Waals surface area contributed by atoms with E-state index in [4.69, 9.17) is 14.2 Å². The van der Waals surface area contributed by atoms with Crippen molar-refractivity contribution in [3.8, 4) is 0 Å². The van der Waals surface area contributed by atoms with Crippen LogP contribution in [0.25, 0.3) is 0 Å². The van der Waals surface area contributed by atoms with Gasteiger partial charge in [-0.05, 0) is 31.1 Å². The second kappa shape index (κ2) is 47.9. The highest BCUT2D eigenvalue weighted by Gasteiger charge is 2.19. The number of rotatable bonds is 49. The molecule has 0 aromatic heterocycles. The predicted octanol–water partition coefficient (Wildman–Crippen LogP) is 17.7. The van der Waals surface area contributed by atoms with Crippen LogP contribution in [0.4, 0.5) is 0 Å². The van der Waals surface area contributed by atoms with Crippen LogP contribution >= 0.6 is 0 Å². The summed E-state index contributed by atoms with van der Waals surface area (Å²) in [6, 6.07) is 0. The molecule has 6 nitrogen and oxygen atoms in total. The van der Waals surface area contributed by atoms with Crippen molar-refractivity contribution in [2.45, 2.75) is 310 Å². The molecule has 0 amide bonds. The molecule has 0 radical (unpaired) electrons. The van der Waals surface area contributed by atoms with Crippen molar-refractivity contribution >= 4 is 17.9 Å². The zero-order chi connectivity index (χ0) is 44.7. The van der Waals surface area contributed by atoms with Gasteiger partial charge in [0.2, 0.25) is 0 Å². The summed E-state index contributed by atoms with van der Waals surface area (Å²) >= 11 is 0. The van der Waals surface area contributed by atoms with E-state index in [1.54, 1.807) is 0 Å². The minimum Gasteiger partial charge on any atom is -0.462 e. The Labute approximate surface area is 380 Å². The summed E-state index contributed by atoms with van der Waals surface area (Å²) in [4.78, 5) is 38.0. The summed E-state index contributed by atoms with van der Waals surface area (Å²) < 4.78 is 16.8. The Morgan fingerprint density at radius 3 is 0.934 bits per heavy atom. The summed E-state index contributed by atoms with van der Waals surface area (Å²) in [5.74, 6) is 0.841. The largest absolute Gasteiger partial charge is 0.462 e. The summed E-state index contributed by atoms with van der Waals surface area (Å²) in [7, 11) is 0. The van der Waals surface area contributed by atoms with E-state index in [-0.39, 0.29) is 31.1 Å². The minimum atomic E-state index is -0.762. The average Bonchev–Trinajstić information content (AvgIpc) is 3.24. The van der Waals surface area contributed by atoms with Crippen LogP contribution in [-0.4, -0.2) is 37.2 Å². The van der Waals surface area contributed by atoms with Crippen LogP contribution in [0.5, 0.6) is 0 Å². The predicted molar refractivity (Wildman–Crippen MR) is 261 cm³/mol. The molecule has 0 spiro atoms. The third-order valence-corrected chi connectivity index (χ3v) is 12.8. The van der Waals surface area contributed by atoms with E-state index in [1.165, 1.54) is 193 Å². The maximum absolute atomic E-state index is 12.8. The first-order chi connectivity index (χ1) is 29.8. The standard InChI is InChI=1S/C55H106O6/c1-6-8-9-10-11-12-13-14-15-16-17-18-25-30-35-40-45-53(56)59-48-52(49-60-54(57)46-41-36-31-26-21-19-23-28-33-38-43-50(3)4)61-55(58)47-42-37-32-27-22-20-24-29-34-39-44-51(5)7-2/h50-52H,6-49H2,1-5H3/t51?,52-/m1/s1. The van der Waals surface area contributed by atoms with Crippen LogP contribution in [0.1, 0.15) is 304 Å². The fourth-order valence-electron chi connectivity index (χ4n) is 8.31. The van der Waals surface area contributed by atoms with Gasteiger partial charge in [-0.2, -0.15) is 0 Å². The van der Waals surface area contributed by atoms with Crippen LogP contribution < -0.4 is 0 Å². The van der Waals surface area contributed by atoms with Crippen LogP contribution in [-0.2, 0) is 28.6 Å². The van der Waals surface area contributed by atoms with E-state index in [1.807, 2.05) is 0 Å². The van der Waals surface area contributed by atoms with Gasteiger partial charge in [-0.1, -0.05) is 266 Å². The lowest BCUT2D eigenvalue weighted by Gasteiger charge is -2.18. The zero-order valence-corrected chi connectivity index (χ0v) is 41.8. The molecule has 1 unspecified atom stereocenters. The van der Waals surface area contributed by atoms with Crippen molar-refractivity contribution in [2.75, 3.05) is 13.2 Å². The molecular formula is C55H106O6. The summed E-state index contributed by atoms with van der Waals surface area (Å²) in [6.45, 7) is 11.4. The SMILES string of the molecule is CCCCCCCCCCCCCCCCCCC(=O)OC[C@H](COC(=O)CCCCCCCCCCCCC(C)C)OC(=O)CCCCCCCCCCCCC(C)CC. The minimum absolute atomic E-state index is 0.0634. The van der Waals surface area contributed by atoms with Crippen molar-refractivity contribution in [1.82, 2.24) is 0 Å². The van der Waals surface area contributed by atoms with Gasteiger partial charge in [0.1, 0.15) is 13.2 Å². The van der Waals surface area contributed by atoms with Crippen molar-refractivity contribution in [2.24, 2.45) is 11.8 Å². The molecular weight excluding hydrogens is 757 g/mol. The fourth-order valence-corrected chi connectivity index (χ4v) is 8.31. The van der Waals surface area contributed by atoms with Gasteiger partial charge < -0.3 is 14.2 Å². The molecule has 0 saturated heterocycles. The summed E-state index contributed by atoms with van der Waals surface area (Å²) in [5.41, 5.74) is 0. The Hall–Kier alpha value is -1.59. The van der Waals surface area contributed by atoms with E-state index in [0.29, 0.717) is 19.3 Å². The quantitative estimate of drug-likeness (QED) is 0.0344. The Morgan fingerprint density at radius 1 is 0.344 bits per heavy atom. The monoisotopic (exact) mass is 863 g/mol. The topological polar surface area (TPSA) is 78.9 Å². The lowest BCUT2D eigenvalue weighted by molar-refractivity contribution is -0.167. The highest BCUT2D eigenvalue weighted by molar-refractivity contribution is 5.71. The Morgan fingerprint density at radius 2 is 0.623 bits per heavy atom. The molecule has 362 valence electrons. The van der Waals surface area contributed by atoms with Crippen LogP contribution in [0, 0.1) is 11.8 Å². The van der Waals surface area contributed by atoms with Crippen molar-refractivity contribution in [3.63, 3.8) is 0 Å². The van der Waals surface area contributed by atoms with Gasteiger partial charge in [0.15, 0.2) is 6.10 Å². The molecule has 6 heteroatoms. The molecule has 0 aliphatic heterocycles. The van der Waals surface area contributed by atoms with Crippen LogP contribution in [0.2, 0.25) is 0 Å². The average molecular weight is 863 g/mol. The van der Waals surface area contributed by atoms with Gasteiger partial charge in [0, 0.05) is 19.3 Å². The lowest BCUT2D eigenvalue weighted by atomic mass is 9.99. The van der Waals surface area contributed by atoms with E-state index in [0.717, 1.165) is 69.6 Å². The second-order valence-corrected chi connectivity index (χ2v) is 19.6. The molecule has 0 rings (SSSR count). The van der Waals surface area contributed by atoms with Crippen molar-refractivity contribution in [1.29, 1.82) is 0 Å². The third kappa shape index (κ3) is 47.7. The number of carbonyl (C=O) groups excluding carboxylic acids is 3. The number of esters is 3. The molecule has 0 aliphatic rings. The second-order valence-electron chi connectivity index (χ2n) is 19.6. The lowest BCUT2D eigenvalue weighted by Crippen LogP contribution is -2.30. The van der Waals surface area contributed by atoms with E-state index in [9.17, 15) is 14.4 Å². The van der Waals surface area contributed by atoms with E-state index < -0.39 is 6.10 Å². The molecule has 2 atom stereocenters. The van der Waals surface area contributed by atoms with Gasteiger partial charge in [0.05, 0.1) is 0 Å². The number of unbranched alkanes of at least 4 members (excludes halogenated alkanes) is 33. The molecule has 61 heavy (non-hydrogen) atoms. The maximum Gasteiger partial charge on any atom is 0.306 e. The molecule has 0 N–H and O–H groups in total. The molecule has 0 heterocycles. The molecule has 0 aliphatic carbocycles. The summed E-state index contributed by atoms with van der Waals surface area (Å²) in [6.07, 6.45) is 49.4. The van der Waals surface area contributed by atoms with Gasteiger partial charge in [-0.3, -0.25) is 14.4 Å². The molecule has 0 fully saturated rings. The third-order valence-electron chi connectivity index (χ3n) is 12.8. The Kier molecular flexibility index (Phi) is 46.6. The highest BCUT2D eigenvalue weighted by Crippen LogP contribution is 2.18. The molecule has 0 bridgehead atoms. The van der Waals surface area contributed by atoms with E-state index >= 15 is 0 Å². The first kappa shape index (κ1) is 59.4. The Bertz CT molecular complexity index is 933. The first-order valence-electron chi connectivity index (χ1n) is 27.3. The number of ether oxygens (including phenoxy) is 3. The molecule has 0 saturated carbocycles. The van der Waals surface area contributed by atoms with Gasteiger partial charge in [-0.25, -0.2) is 0 Å². The molecule has 0 aromatic carbocycles. The maximum atomic E-state index is 12.8. The van der Waals surface area contributed by atoms with Crippen molar-refractivity contribution in [3.05, 3.63) is 0 Å². The first-order valence-corrected chi connectivity index (χ1v) is 27.3. The zero-order valence-electron chi connectivity index (χ0n) is 41.8. The fraction of sp³-hybridized carbons (Fsp3) is 0.945. The number of carbonyl (C=O) groups is 3. The normalized spacial score (nSPS) is 12.5. The number of hydrogen-bond acceptors (Lipinski definition) is 6. The van der Waals surface area contributed by atoms with E-state index in [2.05, 4.69) is 34.6 Å². The Balaban J connectivity index is 4.31. The smallest absolute Gasteiger partial charge is 0.306 e. The molecule has 0 aromatic rings. The number of hydrogen-bond donors (Lipinski definition) is 0. The van der Waals surface area contributed by atoms with Crippen LogP contribution in [0.15, 0.2) is 0 Å². The van der Waals surface area contributed by atoms with Gasteiger partial charge >= 0.3 is 17.9 Å². The van der Waals surface area contributed by atoms with Crippen molar-refractivity contribution < 1.29 is 28.6 Å². The van der Waals surface area contributed by atoms with Gasteiger partial charge in [-0.15, -0.1) is 0 Å². The van der Waals surface area contributed by atoms with Crippen LogP contribution in [0.3, 0.4) is 0 Å². The summed E-state index contributed by atoms with van der Waals surface area (Å²) in [5, 5.41) is 0. The van der Waals surface area contributed by atoms with Gasteiger partial charge in [0.25, 0.3) is 0 Å². The highest BCUT2D eigenvalue weighted by atomic mass is 16.6.